The van der Waals surface area contributed by atoms with Crippen molar-refractivity contribution in [3.63, 3.8) is 0 Å². The zero-order valence-electron chi connectivity index (χ0n) is 6.97. The zero-order chi connectivity index (χ0) is 9.90. The Kier molecular flexibility index (Phi) is 3.05. The van der Waals surface area contributed by atoms with Crippen molar-refractivity contribution in [3.05, 3.63) is 24.4 Å². The molecule has 0 aromatic carbocycles. The molecule has 0 atom stereocenters. The molecule has 0 saturated heterocycles. The van der Waals surface area contributed by atoms with Gasteiger partial charge in [-0.3, -0.25) is 0 Å². The molecule has 1 aromatic heterocycles. The van der Waals surface area contributed by atoms with Crippen LogP contribution in [0.25, 0.3) is 0 Å². The molecule has 13 heavy (non-hydrogen) atoms. The van der Waals surface area contributed by atoms with Crippen LogP contribution in [0.1, 0.15) is 0 Å². The molecule has 0 aliphatic heterocycles. The summed E-state index contributed by atoms with van der Waals surface area (Å²) in [6.07, 6.45) is 3.04. The Morgan fingerprint density at radius 1 is 1.54 bits per heavy atom. The van der Waals surface area contributed by atoms with Crippen LogP contribution in [0.3, 0.4) is 0 Å². The smallest absolute Gasteiger partial charge is 0.216 e. The summed E-state index contributed by atoms with van der Waals surface area (Å²) in [6.45, 7) is 3.21. The predicted molar refractivity (Wildman–Crippen MR) is 51.2 cm³/mol. The van der Waals surface area contributed by atoms with Gasteiger partial charge in [-0.25, -0.2) is 18.4 Å². The van der Waals surface area contributed by atoms with Crippen molar-refractivity contribution in [2.24, 2.45) is 0 Å². The van der Waals surface area contributed by atoms with E-state index in [-0.39, 0.29) is 5.03 Å². The van der Waals surface area contributed by atoms with Crippen molar-refractivity contribution in [2.75, 3.05) is 6.26 Å². The maximum Gasteiger partial charge on any atom is 0.216 e. The van der Waals surface area contributed by atoms with E-state index in [2.05, 4.69) is 16.5 Å². The second-order valence-corrected chi connectivity index (χ2v) is 4.78. The Labute approximate surface area is 81.0 Å². The third-order valence-corrected chi connectivity index (χ3v) is 3.22. The lowest BCUT2D eigenvalue weighted by Gasteiger charge is -1.98. The Balaban J connectivity index is 3.24. The van der Waals surface area contributed by atoms with E-state index in [1.54, 1.807) is 0 Å². The highest BCUT2D eigenvalue weighted by Crippen LogP contribution is 2.15. The summed E-state index contributed by atoms with van der Waals surface area (Å²) in [5.41, 5.74) is 0. The molecule has 0 unspecified atom stereocenters. The molecule has 1 aromatic rings. The molecule has 0 N–H and O–H groups in total. The SMILES string of the molecule is C=CS(=O)(=O)c1cc(SC)ncn1. The number of nitrogens with zero attached hydrogens (tertiary/aromatic N) is 2. The normalized spacial score (nSPS) is 11.2. The first-order chi connectivity index (χ1) is 6.10. The number of aromatic nitrogens is 2. The molecule has 0 fully saturated rings. The molecular weight excluding hydrogens is 208 g/mol. The largest absolute Gasteiger partial charge is 0.230 e. The van der Waals surface area contributed by atoms with Crippen molar-refractivity contribution in [3.8, 4) is 0 Å². The van der Waals surface area contributed by atoms with Crippen LogP contribution < -0.4 is 0 Å². The first kappa shape index (κ1) is 10.2. The van der Waals surface area contributed by atoms with Crippen molar-refractivity contribution in [1.29, 1.82) is 0 Å². The van der Waals surface area contributed by atoms with E-state index in [1.807, 2.05) is 6.26 Å². The zero-order valence-corrected chi connectivity index (χ0v) is 8.60. The molecule has 0 radical (unpaired) electrons. The summed E-state index contributed by atoms with van der Waals surface area (Å²) in [4.78, 5) is 7.50. The molecule has 0 bridgehead atoms. The average molecular weight is 216 g/mol. The standard InChI is InChI=1S/C7H8N2O2S2/c1-3-13(10,11)7-4-6(12-2)8-5-9-7/h3-5H,1H2,2H3. The van der Waals surface area contributed by atoms with Crippen LogP contribution in [0.4, 0.5) is 0 Å². The Morgan fingerprint density at radius 2 is 2.23 bits per heavy atom. The van der Waals surface area contributed by atoms with Crippen molar-refractivity contribution in [1.82, 2.24) is 9.97 Å². The van der Waals surface area contributed by atoms with E-state index in [9.17, 15) is 8.42 Å². The van der Waals surface area contributed by atoms with Crippen LogP contribution in [-0.2, 0) is 9.84 Å². The monoisotopic (exact) mass is 216 g/mol. The Hall–Kier alpha value is -0.880. The molecule has 6 heteroatoms. The van der Waals surface area contributed by atoms with Gasteiger partial charge in [-0.15, -0.1) is 11.8 Å². The summed E-state index contributed by atoms with van der Waals surface area (Å²) < 4.78 is 22.5. The summed E-state index contributed by atoms with van der Waals surface area (Å²) in [5.74, 6) is 0. The second-order valence-electron chi connectivity index (χ2n) is 2.11. The molecule has 0 saturated carbocycles. The Bertz CT molecular complexity index is 414. The molecule has 0 aliphatic carbocycles. The van der Waals surface area contributed by atoms with E-state index in [0.717, 1.165) is 5.41 Å². The van der Waals surface area contributed by atoms with Gasteiger partial charge < -0.3 is 0 Å². The van der Waals surface area contributed by atoms with E-state index in [4.69, 9.17) is 0 Å². The van der Waals surface area contributed by atoms with Crippen LogP contribution in [0.5, 0.6) is 0 Å². The van der Waals surface area contributed by atoms with Crippen LogP contribution in [-0.4, -0.2) is 24.6 Å². The number of hydrogen-bond donors (Lipinski definition) is 0. The maximum atomic E-state index is 11.3. The van der Waals surface area contributed by atoms with Crippen LogP contribution in [0.15, 0.2) is 34.4 Å². The Morgan fingerprint density at radius 3 is 2.77 bits per heavy atom. The van der Waals surface area contributed by atoms with Gasteiger partial charge in [-0.1, -0.05) is 6.58 Å². The van der Waals surface area contributed by atoms with Crippen molar-refractivity contribution >= 4 is 21.6 Å². The highest BCUT2D eigenvalue weighted by atomic mass is 32.2. The van der Waals surface area contributed by atoms with Gasteiger partial charge in [-0.05, 0) is 6.26 Å². The lowest BCUT2D eigenvalue weighted by atomic mass is 10.7. The van der Waals surface area contributed by atoms with Gasteiger partial charge in [0.05, 0.1) is 0 Å². The van der Waals surface area contributed by atoms with Gasteiger partial charge >= 0.3 is 0 Å². The fourth-order valence-electron chi connectivity index (χ4n) is 0.675. The predicted octanol–water partition coefficient (Wildman–Crippen LogP) is 1.12. The fraction of sp³-hybridized carbons (Fsp3) is 0.143. The van der Waals surface area contributed by atoms with Crippen molar-refractivity contribution < 1.29 is 8.42 Å². The topological polar surface area (TPSA) is 59.9 Å². The highest BCUT2D eigenvalue weighted by Gasteiger charge is 2.11. The average Bonchev–Trinajstić information content (AvgIpc) is 2.18. The molecular formula is C7H8N2O2S2. The minimum atomic E-state index is -3.43. The van der Waals surface area contributed by atoms with Gasteiger partial charge in [-0.2, -0.15) is 0 Å². The molecule has 0 amide bonds. The first-order valence-corrected chi connectivity index (χ1v) is 6.11. The van der Waals surface area contributed by atoms with E-state index in [0.29, 0.717) is 5.03 Å². The lowest BCUT2D eigenvalue weighted by molar-refractivity contribution is 0.600. The fourth-order valence-corrected chi connectivity index (χ4v) is 1.77. The quantitative estimate of drug-likeness (QED) is 0.559. The third kappa shape index (κ3) is 2.28. The van der Waals surface area contributed by atoms with Gasteiger partial charge in [0.25, 0.3) is 0 Å². The number of thioether (sulfide) groups is 1. The summed E-state index contributed by atoms with van der Waals surface area (Å²) in [7, 11) is -3.43. The minimum absolute atomic E-state index is 0.0122. The molecule has 0 aliphatic rings. The van der Waals surface area contributed by atoms with E-state index >= 15 is 0 Å². The number of sulfone groups is 1. The van der Waals surface area contributed by atoms with E-state index in [1.165, 1.54) is 24.2 Å². The van der Waals surface area contributed by atoms with Crippen molar-refractivity contribution in [2.45, 2.75) is 10.1 Å². The van der Waals surface area contributed by atoms with Gasteiger partial charge in [0.1, 0.15) is 11.4 Å². The first-order valence-electron chi connectivity index (χ1n) is 3.33. The summed E-state index contributed by atoms with van der Waals surface area (Å²) in [6, 6.07) is 1.42. The van der Waals surface area contributed by atoms with E-state index < -0.39 is 9.84 Å². The summed E-state index contributed by atoms with van der Waals surface area (Å²) >= 11 is 1.36. The summed E-state index contributed by atoms with van der Waals surface area (Å²) in [5, 5.41) is 1.48. The van der Waals surface area contributed by atoms with Gasteiger partial charge in [0, 0.05) is 11.5 Å². The maximum absolute atomic E-state index is 11.3. The molecule has 70 valence electrons. The number of rotatable bonds is 3. The lowest BCUT2D eigenvalue weighted by Crippen LogP contribution is -1.99. The molecule has 1 heterocycles. The van der Waals surface area contributed by atoms with Crippen LogP contribution >= 0.6 is 11.8 Å². The van der Waals surface area contributed by atoms with Crippen LogP contribution in [0, 0.1) is 0 Å². The molecule has 0 spiro atoms. The van der Waals surface area contributed by atoms with Gasteiger partial charge in [0.2, 0.25) is 9.84 Å². The third-order valence-electron chi connectivity index (χ3n) is 1.34. The molecule has 4 nitrogen and oxygen atoms in total. The second kappa shape index (κ2) is 3.89. The molecule has 1 rings (SSSR count). The number of hydrogen-bond acceptors (Lipinski definition) is 5. The van der Waals surface area contributed by atoms with Crippen LogP contribution in [0.2, 0.25) is 0 Å². The van der Waals surface area contributed by atoms with Gasteiger partial charge in [0.15, 0.2) is 5.03 Å². The highest BCUT2D eigenvalue weighted by molar-refractivity contribution is 7.98. The minimum Gasteiger partial charge on any atom is -0.230 e.